The van der Waals surface area contributed by atoms with Crippen LogP contribution in [0.1, 0.15) is 44.7 Å². The molecule has 2 heteroatoms. The number of pyridine rings is 1. The van der Waals surface area contributed by atoms with Gasteiger partial charge in [-0.05, 0) is 43.4 Å². The first-order valence-electron chi connectivity index (χ1n) is 6.40. The Balaban J connectivity index is 1.82. The molecular formula is C14H22N2. The highest BCUT2D eigenvalue weighted by atomic mass is 14.9. The molecule has 1 aromatic rings. The van der Waals surface area contributed by atoms with Crippen LogP contribution in [-0.2, 0) is 0 Å². The Morgan fingerprint density at radius 3 is 3.00 bits per heavy atom. The highest BCUT2D eigenvalue weighted by Gasteiger charge is 2.23. The molecule has 0 spiro atoms. The van der Waals surface area contributed by atoms with E-state index in [1.165, 1.54) is 24.8 Å². The van der Waals surface area contributed by atoms with Gasteiger partial charge in [0.1, 0.15) is 0 Å². The molecular weight excluding hydrogens is 196 g/mol. The van der Waals surface area contributed by atoms with Crippen LogP contribution >= 0.6 is 0 Å². The van der Waals surface area contributed by atoms with Crippen LogP contribution in [0.5, 0.6) is 0 Å². The van der Waals surface area contributed by atoms with E-state index >= 15 is 0 Å². The van der Waals surface area contributed by atoms with Crippen LogP contribution in [0.4, 0.5) is 0 Å². The summed E-state index contributed by atoms with van der Waals surface area (Å²) in [5.41, 5.74) is 1.29. The smallest absolute Gasteiger partial charge is 0.0315 e. The molecule has 0 saturated heterocycles. The minimum absolute atomic E-state index is 0.418. The Bertz CT molecular complexity index is 310. The van der Waals surface area contributed by atoms with E-state index in [-0.39, 0.29) is 0 Å². The maximum absolute atomic E-state index is 4.16. The predicted octanol–water partition coefficient (Wildman–Crippen LogP) is 3.17. The summed E-state index contributed by atoms with van der Waals surface area (Å²) < 4.78 is 0. The lowest BCUT2D eigenvalue weighted by atomic mass is 9.97. The Morgan fingerprint density at radius 1 is 1.50 bits per heavy atom. The largest absolute Gasteiger partial charge is 0.310 e. The number of hydrogen-bond acceptors (Lipinski definition) is 2. The summed E-state index contributed by atoms with van der Waals surface area (Å²) in [4.78, 5) is 4.16. The van der Waals surface area contributed by atoms with Crippen molar-refractivity contribution in [1.82, 2.24) is 10.3 Å². The molecule has 0 aliphatic heterocycles. The maximum Gasteiger partial charge on any atom is 0.0315 e. The van der Waals surface area contributed by atoms with Gasteiger partial charge in [-0.1, -0.05) is 25.8 Å². The fraction of sp³-hybridized carbons (Fsp3) is 0.643. The summed E-state index contributed by atoms with van der Waals surface area (Å²) in [5.74, 6) is 1.77. The third-order valence-electron chi connectivity index (χ3n) is 3.91. The number of hydrogen-bond donors (Lipinski definition) is 1. The molecule has 1 fully saturated rings. The fourth-order valence-corrected chi connectivity index (χ4v) is 2.60. The van der Waals surface area contributed by atoms with Gasteiger partial charge in [0.2, 0.25) is 0 Å². The summed E-state index contributed by atoms with van der Waals surface area (Å²) >= 11 is 0. The van der Waals surface area contributed by atoms with Gasteiger partial charge in [0.25, 0.3) is 0 Å². The second-order valence-electron chi connectivity index (χ2n) is 5.08. The van der Waals surface area contributed by atoms with Crippen LogP contribution in [0.3, 0.4) is 0 Å². The fourth-order valence-electron chi connectivity index (χ4n) is 2.60. The van der Waals surface area contributed by atoms with Gasteiger partial charge in [0.05, 0.1) is 0 Å². The lowest BCUT2D eigenvalue weighted by molar-refractivity contribution is 0.375. The minimum Gasteiger partial charge on any atom is -0.310 e. The van der Waals surface area contributed by atoms with Gasteiger partial charge in [-0.3, -0.25) is 4.98 Å². The zero-order valence-corrected chi connectivity index (χ0v) is 10.3. The molecule has 2 rings (SSSR count). The predicted molar refractivity (Wildman–Crippen MR) is 67.2 cm³/mol. The van der Waals surface area contributed by atoms with Gasteiger partial charge < -0.3 is 5.32 Å². The molecule has 2 nitrogen and oxygen atoms in total. The molecule has 3 atom stereocenters. The highest BCUT2D eigenvalue weighted by molar-refractivity contribution is 5.12. The summed E-state index contributed by atoms with van der Waals surface area (Å²) in [6.45, 7) is 5.75. The molecule has 1 aliphatic carbocycles. The number of rotatable bonds is 4. The lowest BCUT2D eigenvalue weighted by Gasteiger charge is -2.20. The Labute approximate surface area is 98.5 Å². The Kier molecular flexibility index (Phi) is 3.94. The average molecular weight is 218 g/mol. The third kappa shape index (κ3) is 2.82. The third-order valence-corrected chi connectivity index (χ3v) is 3.91. The molecule has 0 bridgehead atoms. The van der Waals surface area contributed by atoms with E-state index in [4.69, 9.17) is 0 Å². The summed E-state index contributed by atoms with van der Waals surface area (Å²) in [7, 11) is 0. The molecule has 0 radical (unpaired) electrons. The first-order valence-corrected chi connectivity index (χ1v) is 6.40. The van der Waals surface area contributed by atoms with Crippen molar-refractivity contribution in [1.29, 1.82) is 0 Å². The standard InChI is InChI=1S/C14H22N2/c1-11-5-3-6-13(11)10-16-12(2)14-7-4-8-15-9-14/h4,7-9,11-13,16H,3,5-6,10H2,1-2H3. The molecule has 0 aromatic carbocycles. The Hall–Kier alpha value is -0.890. The second-order valence-corrected chi connectivity index (χ2v) is 5.08. The highest BCUT2D eigenvalue weighted by Crippen LogP contribution is 2.30. The van der Waals surface area contributed by atoms with Crippen molar-refractivity contribution < 1.29 is 0 Å². The zero-order chi connectivity index (χ0) is 11.4. The molecule has 1 aliphatic rings. The van der Waals surface area contributed by atoms with Crippen LogP contribution < -0.4 is 5.32 Å². The van der Waals surface area contributed by atoms with Crippen LogP contribution in [0.25, 0.3) is 0 Å². The van der Waals surface area contributed by atoms with E-state index in [9.17, 15) is 0 Å². The first-order chi connectivity index (χ1) is 7.77. The van der Waals surface area contributed by atoms with Gasteiger partial charge in [0, 0.05) is 18.4 Å². The minimum atomic E-state index is 0.418. The van der Waals surface area contributed by atoms with E-state index in [0.29, 0.717) is 6.04 Å². The van der Waals surface area contributed by atoms with Crippen LogP contribution in [-0.4, -0.2) is 11.5 Å². The molecule has 0 amide bonds. The van der Waals surface area contributed by atoms with E-state index in [0.717, 1.165) is 18.4 Å². The number of nitrogens with zero attached hydrogens (tertiary/aromatic N) is 1. The average Bonchev–Trinajstić information content (AvgIpc) is 2.73. The van der Waals surface area contributed by atoms with Gasteiger partial charge in [-0.15, -0.1) is 0 Å². The van der Waals surface area contributed by atoms with Crippen molar-refractivity contribution in [3.05, 3.63) is 30.1 Å². The summed E-state index contributed by atoms with van der Waals surface area (Å²) in [6, 6.07) is 4.57. The second kappa shape index (κ2) is 5.44. The van der Waals surface area contributed by atoms with Gasteiger partial charge in [0.15, 0.2) is 0 Å². The molecule has 1 saturated carbocycles. The maximum atomic E-state index is 4.16. The van der Waals surface area contributed by atoms with E-state index in [1.54, 1.807) is 0 Å². The topological polar surface area (TPSA) is 24.9 Å². The Morgan fingerprint density at radius 2 is 2.38 bits per heavy atom. The summed E-state index contributed by atoms with van der Waals surface area (Å²) in [6.07, 6.45) is 8.00. The monoisotopic (exact) mass is 218 g/mol. The molecule has 1 aromatic heterocycles. The van der Waals surface area contributed by atoms with Gasteiger partial charge >= 0.3 is 0 Å². The first kappa shape index (κ1) is 11.6. The van der Waals surface area contributed by atoms with Crippen molar-refractivity contribution in [3.63, 3.8) is 0 Å². The lowest BCUT2D eigenvalue weighted by Crippen LogP contribution is -2.27. The van der Waals surface area contributed by atoms with Crippen molar-refractivity contribution in [2.75, 3.05) is 6.54 Å². The van der Waals surface area contributed by atoms with Crippen molar-refractivity contribution in [3.8, 4) is 0 Å². The summed E-state index contributed by atoms with van der Waals surface area (Å²) in [5, 5.41) is 3.63. The SMILES string of the molecule is CC(NCC1CCCC1C)c1cccnc1. The van der Waals surface area contributed by atoms with Gasteiger partial charge in [-0.2, -0.15) is 0 Å². The molecule has 88 valence electrons. The number of aromatic nitrogens is 1. The van der Waals surface area contributed by atoms with E-state index in [1.807, 2.05) is 18.5 Å². The molecule has 1 N–H and O–H groups in total. The normalized spacial score (nSPS) is 26.9. The number of nitrogens with one attached hydrogen (secondary N) is 1. The van der Waals surface area contributed by atoms with Crippen LogP contribution in [0.15, 0.2) is 24.5 Å². The zero-order valence-electron chi connectivity index (χ0n) is 10.3. The van der Waals surface area contributed by atoms with Crippen molar-refractivity contribution in [2.45, 2.75) is 39.2 Å². The quantitative estimate of drug-likeness (QED) is 0.839. The van der Waals surface area contributed by atoms with E-state index < -0.39 is 0 Å². The van der Waals surface area contributed by atoms with Crippen LogP contribution in [0, 0.1) is 11.8 Å². The van der Waals surface area contributed by atoms with Crippen molar-refractivity contribution in [2.24, 2.45) is 11.8 Å². The van der Waals surface area contributed by atoms with Crippen molar-refractivity contribution >= 4 is 0 Å². The van der Waals surface area contributed by atoms with E-state index in [2.05, 4.69) is 30.2 Å². The molecule has 16 heavy (non-hydrogen) atoms. The molecule has 1 heterocycles. The van der Waals surface area contributed by atoms with Gasteiger partial charge in [-0.25, -0.2) is 0 Å². The van der Waals surface area contributed by atoms with Crippen LogP contribution in [0.2, 0.25) is 0 Å². The molecule has 3 unspecified atom stereocenters.